The molecular formula is C24H24ClF3N4O4S. The van der Waals surface area contributed by atoms with Gasteiger partial charge in [0.1, 0.15) is 16.6 Å². The summed E-state index contributed by atoms with van der Waals surface area (Å²) in [5.41, 5.74) is 1.97. The molecule has 3 atom stereocenters. The highest BCUT2D eigenvalue weighted by Gasteiger charge is 2.38. The van der Waals surface area contributed by atoms with Gasteiger partial charge >= 0.3 is 12.1 Å². The van der Waals surface area contributed by atoms with Crippen LogP contribution in [0.5, 0.6) is 0 Å². The van der Waals surface area contributed by atoms with Crippen LogP contribution >= 0.6 is 22.9 Å². The second kappa shape index (κ2) is 12.3. The van der Waals surface area contributed by atoms with Gasteiger partial charge in [0.05, 0.1) is 22.3 Å². The number of alkyl halides is 3. The average molecular weight is 557 g/mol. The number of para-hydroxylation sites is 1. The lowest BCUT2D eigenvalue weighted by Crippen LogP contribution is -2.49. The molecule has 1 aliphatic heterocycles. The van der Waals surface area contributed by atoms with E-state index in [-0.39, 0.29) is 17.9 Å². The number of aromatic nitrogens is 1. The quantitative estimate of drug-likeness (QED) is 0.366. The number of thiazole rings is 1. The number of rotatable bonds is 6. The summed E-state index contributed by atoms with van der Waals surface area (Å²) in [7, 11) is 0. The maximum absolute atomic E-state index is 12.6. The first kappa shape index (κ1) is 28.4. The summed E-state index contributed by atoms with van der Waals surface area (Å²) in [6.45, 7) is 2.74. The number of aliphatic carboxylic acids is 1. The Morgan fingerprint density at radius 3 is 2.49 bits per heavy atom. The Morgan fingerprint density at radius 1 is 1.19 bits per heavy atom. The first-order valence-corrected chi connectivity index (χ1v) is 12.4. The summed E-state index contributed by atoms with van der Waals surface area (Å²) in [5, 5.41) is 17.4. The van der Waals surface area contributed by atoms with Crippen molar-refractivity contribution in [1.29, 1.82) is 0 Å². The third kappa shape index (κ3) is 7.88. The minimum atomic E-state index is -5.08. The van der Waals surface area contributed by atoms with Crippen molar-refractivity contribution in [3.8, 4) is 0 Å². The van der Waals surface area contributed by atoms with Gasteiger partial charge in [0, 0.05) is 6.54 Å². The van der Waals surface area contributed by atoms with Crippen LogP contribution in [-0.4, -0.2) is 52.7 Å². The molecule has 8 nitrogen and oxygen atoms in total. The van der Waals surface area contributed by atoms with Crippen LogP contribution in [0.3, 0.4) is 0 Å². The molecule has 0 saturated carbocycles. The summed E-state index contributed by atoms with van der Waals surface area (Å²) in [6, 6.07) is 14.9. The van der Waals surface area contributed by atoms with E-state index in [0.717, 1.165) is 28.2 Å². The molecule has 198 valence electrons. The number of nitrogens with zero attached hydrogens (tertiary/aromatic N) is 1. The Hall–Kier alpha value is -3.22. The topological polar surface area (TPSA) is 120 Å². The normalized spacial score (nSPS) is 18.0. The number of carboxylic acid groups (broad SMARTS) is 1. The number of hydrogen-bond acceptors (Lipinski definition) is 6. The fourth-order valence-electron chi connectivity index (χ4n) is 3.65. The van der Waals surface area contributed by atoms with Crippen LogP contribution < -0.4 is 16.0 Å². The van der Waals surface area contributed by atoms with Gasteiger partial charge in [-0.25, -0.2) is 9.78 Å². The van der Waals surface area contributed by atoms with Gasteiger partial charge in [-0.1, -0.05) is 48.0 Å². The second-order valence-corrected chi connectivity index (χ2v) is 9.77. The second-order valence-electron chi connectivity index (χ2n) is 8.25. The number of hydrogen-bond donors (Lipinski definition) is 4. The van der Waals surface area contributed by atoms with E-state index in [1.165, 1.54) is 16.9 Å². The molecule has 1 unspecified atom stereocenters. The molecule has 1 aromatic heterocycles. The SMILES string of the molecule is CC(NC(=O)[C@H]1C[C@H](c2ccccc2)CN1)C(=O)NCc1nc2c(Cl)cccc2s1.O=C(O)C(F)(F)F. The number of carbonyl (C=O) groups excluding carboxylic acids is 2. The molecule has 13 heteroatoms. The third-order valence-electron chi connectivity index (χ3n) is 5.54. The monoisotopic (exact) mass is 556 g/mol. The van der Waals surface area contributed by atoms with E-state index >= 15 is 0 Å². The van der Waals surface area contributed by atoms with Gasteiger partial charge < -0.3 is 21.1 Å². The summed E-state index contributed by atoms with van der Waals surface area (Å²) in [6.07, 6.45) is -4.36. The largest absolute Gasteiger partial charge is 0.490 e. The zero-order chi connectivity index (χ0) is 27.2. The van der Waals surface area contributed by atoms with Crippen LogP contribution in [0.25, 0.3) is 10.2 Å². The van der Waals surface area contributed by atoms with E-state index in [0.29, 0.717) is 17.5 Å². The van der Waals surface area contributed by atoms with Crippen molar-refractivity contribution in [1.82, 2.24) is 20.9 Å². The smallest absolute Gasteiger partial charge is 0.475 e. The average Bonchev–Trinajstić information content (AvgIpc) is 3.51. The van der Waals surface area contributed by atoms with Gasteiger partial charge in [-0.15, -0.1) is 11.3 Å². The molecule has 1 saturated heterocycles. The Morgan fingerprint density at radius 2 is 1.86 bits per heavy atom. The lowest BCUT2D eigenvalue weighted by molar-refractivity contribution is -0.192. The number of nitrogens with one attached hydrogen (secondary N) is 3. The number of amides is 2. The molecule has 3 aromatic rings. The maximum atomic E-state index is 12.6. The van der Waals surface area contributed by atoms with Crippen molar-refractivity contribution in [2.24, 2.45) is 0 Å². The molecule has 4 rings (SSSR count). The predicted octanol–water partition coefficient (Wildman–Crippen LogP) is 3.85. The van der Waals surface area contributed by atoms with Gasteiger partial charge in [-0.05, 0) is 37.0 Å². The molecule has 37 heavy (non-hydrogen) atoms. The minimum Gasteiger partial charge on any atom is -0.475 e. The minimum absolute atomic E-state index is 0.150. The molecule has 2 amide bonds. The Kier molecular flexibility index (Phi) is 9.46. The van der Waals surface area contributed by atoms with Gasteiger partial charge in [-0.3, -0.25) is 9.59 Å². The molecule has 2 aromatic carbocycles. The predicted molar refractivity (Wildman–Crippen MR) is 133 cm³/mol. The number of benzene rings is 2. The zero-order valence-corrected chi connectivity index (χ0v) is 21.1. The number of carbonyl (C=O) groups is 3. The highest BCUT2D eigenvalue weighted by molar-refractivity contribution is 7.18. The van der Waals surface area contributed by atoms with Crippen LogP contribution in [0, 0.1) is 0 Å². The van der Waals surface area contributed by atoms with Crippen molar-refractivity contribution in [2.75, 3.05) is 6.54 Å². The first-order valence-electron chi connectivity index (χ1n) is 11.2. The van der Waals surface area contributed by atoms with Gasteiger partial charge in [-0.2, -0.15) is 13.2 Å². The van der Waals surface area contributed by atoms with Crippen molar-refractivity contribution < 1.29 is 32.7 Å². The number of halogens is 4. The summed E-state index contributed by atoms with van der Waals surface area (Å²) >= 11 is 7.65. The molecule has 0 bridgehead atoms. The highest BCUT2D eigenvalue weighted by Crippen LogP contribution is 2.28. The van der Waals surface area contributed by atoms with E-state index in [9.17, 15) is 22.8 Å². The Bertz CT molecular complexity index is 1260. The van der Waals surface area contributed by atoms with E-state index in [2.05, 4.69) is 33.1 Å². The number of fused-ring (bicyclic) bond motifs is 1. The van der Waals surface area contributed by atoms with Crippen LogP contribution in [-0.2, 0) is 20.9 Å². The van der Waals surface area contributed by atoms with Crippen molar-refractivity contribution >= 4 is 50.9 Å². The standard InChI is InChI=1S/C22H23ClN4O2S.C2HF3O2/c1-13(21(28)25-12-19-27-20-16(23)8-5-9-18(20)30-19)26-22(29)17-10-15(11-24-17)14-6-3-2-4-7-14;3-2(4,5)1(6)7/h2-9,13,15,17,24H,10-12H2,1H3,(H,25,28)(H,26,29);(H,6,7)/t13?,15-,17+;/m0./s1. The molecule has 0 radical (unpaired) electrons. The van der Waals surface area contributed by atoms with Crippen molar-refractivity contribution in [3.05, 3.63) is 64.1 Å². The van der Waals surface area contributed by atoms with E-state index in [4.69, 9.17) is 21.5 Å². The summed E-state index contributed by atoms with van der Waals surface area (Å²) < 4.78 is 32.7. The van der Waals surface area contributed by atoms with Gasteiger partial charge in [0.2, 0.25) is 11.8 Å². The molecule has 1 aliphatic rings. The third-order valence-corrected chi connectivity index (χ3v) is 6.87. The van der Waals surface area contributed by atoms with E-state index < -0.39 is 18.2 Å². The lowest BCUT2D eigenvalue weighted by Gasteiger charge is -2.17. The van der Waals surface area contributed by atoms with Crippen LogP contribution in [0.1, 0.15) is 29.8 Å². The molecule has 1 fully saturated rings. The van der Waals surface area contributed by atoms with Gasteiger partial charge in [0.15, 0.2) is 0 Å². The first-order chi connectivity index (χ1) is 17.5. The lowest BCUT2D eigenvalue weighted by atomic mass is 9.96. The number of carboxylic acids is 1. The van der Waals surface area contributed by atoms with Crippen LogP contribution in [0.15, 0.2) is 48.5 Å². The van der Waals surface area contributed by atoms with Crippen LogP contribution in [0.2, 0.25) is 5.02 Å². The summed E-state index contributed by atoms with van der Waals surface area (Å²) in [5.74, 6) is -2.85. The van der Waals surface area contributed by atoms with Gasteiger partial charge in [0.25, 0.3) is 0 Å². The molecule has 0 spiro atoms. The van der Waals surface area contributed by atoms with Crippen LogP contribution in [0.4, 0.5) is 13.2 Å². The summed E-state index contributed by atoms with van der Waals surface area (Å²) in [4.78, 5) is 38.4. The molecule has 2 heterocycles. The van der Waals surface area contributed by atoms with Crippen molar-refractivity contribution in [3.63, 3.8) is 0 Å². The highest BCUT2D eigenvalue weighted by atomic mass is 35.5. The van der Waals surface area contributed by atoms with E-state index in [1.54, 1.807) is 13.0 Å². The molecule has 0 aliphatic carbocycles. The fourth-order valence-corrected chi connectivity index (χ4v) is 4.85. The molecular weight excluding hydrogens is 533 g/mol. The maximum Gasteiger partial charge on any atom is 0.490 e. The fraction of sp³-hybridized carbons (Fsp3) is 0.333. The Balaban J connectivity index is 0.000000479. The zero-order valence-electron chi connectivity index (χ0n) is 19.5. The van der Waals surface area contributed by atoms with Crippen molar-refractivity contribution in [2.45, 2.75) is 44.1 Å². The Labute approximate surface area is 219 Å². The molecule has 4 N–H and O–H groups in total. The van der Waals surface area contributed by atoms with E-state index in [1.807, 2.05) is 30.3 Å².